The molecule has 1 aliphatic heterocycles. The minimum Gasteiger partial charge on any atom is -0.443 e. The Hall–Kier alpha value is -2.06. The number of ether oxygens (including phenoxy) is 1. The standard InChI is InChI=1S/C14H18N4O3S/c1-3-20-16-13-17(2)11-5-4-9(6-12(11)22-13)18-8-10(7-15)21-14(18)19/h4-6,10H,3,7-8,15H2,1-2H3/t10-/m1/s1. The van der Waals surface area contributed by atoms with Crippen molar-refractivity contribution >= 4 is 33.3 Å². The van der Waals surface area contributed by atoms with Crippen molar-refractivity contribution in [1.82, 2.24) is 4.57 Å². The number of nitrogens with zero attached hydrogens (tertiary/aromatic N) is 3. The molecule has 1 atom stereocenters. The largest absolute Gasteiger partial charge is 0.443 e. The molecule has 0 radical (unpaired) electrons. The number of aryl methyl sites for hydroxylation is 1. The third-order valence-corrected chi connectivity index (χ3v) is 4.59. The highest BCUT2D eigenvalue weighted by Crippen LogP contribution is 2.27. The lowest BCUT2D eigenvalue weighted by atomic mass is 10.2. The van der Waals surface area contributed by atoms with E-state index < -0.39 is 0 Å². The lowest BCUT2D eigenvalue weighted by molar-refractivity contribution is 0.145. The second-order valence-electron chi connectivity index (χ2n) is 4.96. The van der Waals surface area contributed by atoms with Gasteiger partial charge in [-0.25, -0.2) is 4.79 Å². The lowest BCUT2D eigenvalue weighted by Gasteiger charge is -2.12. The molecule has 1 aromatic heterocycles. The van der Waals surface area contributed by atoms with Gasteiger partial charge in [0.05, 0.1) is 16.8 Å². The SMILES string of the molecule is CCON=c1sc2cc(N3C[C@@H](CN)OC3=O)ccc2n1C. The van der Waals surface area contributed by atoms with E-state index in [1.807, 2.05) is 36.7 Å². The molecular formula is C14H18N4O3S. The van der Waals surface area contributed by atoms with Crippen LogP contribution >= 0.6 is 11.3 Å². The van der Waals surface area contributed by atoms with E-state index in [1.54, 1.807) is 4.90 Å². The van der Waals surface area contributed by atoms with Crippen LogP contribution in [0.2, 0.25) is 0 Å². The number of thiazole rings is 1. The number of benzene rings is 1. The number of aromatic nitrogens is 1. The van der Waals surface area contributed by atoms with Crippen LogP contribution in [0.4, 0.5) is 10.5 Å². The molecule has 0 saturated carbocycles. The zero-order valence-corrected chi connectivity index (χ0v) is 13.3. The Morgan fingerprint density at radius 1 is 1.55 bits per heavy atom. The van der Waals surface area contributed by atoms with Gasteiger partial charge in [0.1, 0.15) is 12.7 Å². The topological polar surface area (TPSA) is 82.1 Å². The van der Waals surface area contributed by atoms with Crippen LogP contribution in [0.15, 0.2) is 23.4 Å². The Morgan fingerprint density at radius 3 is 3.05 bits per heavy atom. The molecule has 1 aromatic carbocycles. The van der Waals surface area contributed by atoms with Gasteiger partial charge in [-0.15, -0.1) is 0 Å². The number of amides is 1. The molecule has 0 spiro atoms. The molecule has 2 heterocycles. The van der Waals surface area contributed by atoms with Gasteiger partial charge in [0.25, 0.3) is 0 Å². The van der Waals surface area contributed by atoms with Gasteiger partial charge in [0.2, 0.25) is 4.80 Å². The molecule has 0 bridgehead atoms. The van der Waals surface area contributed by atoms with Gasteiger partial charge in [-0.05, 0) is 25.1 Å². The normalized spacial score (nSPS) is 19.0. The van der Waals surface area contributed by atoms with Crippen molar-refractivity contribution in [1.29, 1.82) is 0 Å². The van der Waals surface area contributed by atoms with Crippen molar-refractivity contribution in [3.05, 3.63) is 23.0 Å². The molecule has 3 rings (SSSR count). The van der Waals surface area contributed by atoms with Gasteiger partial charge in [-0.3, -0.25) is 4.90 Å². The molecular weight excluding hydrogens is 304 g/mol. The van der Waals surface area contributed by atoms with E-state index >= 15 is 0 Å². The first-order valence-corrected chi connectivity index (χ1v) is 7.89. The summed E-state index contributed by atoms with van der Waals surface area (Å²) in [4.78, 5) is 19.4. The van der Waals surface area contributed by atoms with E-state index in [2.05, 4.69) is 5.16 Å². The quantitative estimate of drug-likeness (QED) is 0.862. The maximum atomic E-state index is 11.9. The maximum absolute atomic E-state index is 11.9. The molecule has 0 aliphatic carbocycles. The van der Waals surface area contributed by atoms with Crippen molar-refractivity contribution in [2.24, 2.45) is 17.9 Å². The van der Waals surface area contributed by atoms with E-state index in [0.29, 0.717) is 19.7 Å². The summed E-state index contributed by atoms with van der Waals surface area (Å²) >= 11 is 1.51. The molecule has 7 nitrogen and oxygen atoms in total. The van der Waals surface area contributed by atoms with Crippen LogP contribution in [0.3, 0.4) is 0 Å². The van der Waals surface area contributed by atoms with Gasteiger partial charge in [0, 0.05) is 19.3 Å². The van der Waals surface area contributed by atoms with Gasteiger partial charge in [-0.1, -0.05) is 16.5 Å². The molecule has 1 saturated heterocycles. The van der Waals surface area contributed by atoms with Crippen molar-refractivity contribution < 1.29 is 14.4 Å². The minimum absolute atomic E-state index is 0.244. The fourth-order valence-corrected chi connectivity index (χ4v) is 3.37. The summed E-state index contributed by atoms with van der Waals surface area (Å²) in [7, 11) is 1.94. The number of cyclic esters (lactones) is 1. The second-order valence-corrected chi connectivity index (χ2v) is 5.97. The van der Waals surface area contributed by atoms with Crippen LogP contribution in [0.5, 0.6) is 0 Å². The van der Waals surface area contributed by atoms with Crippen LogP contribution in [0.25, 0.3) is 10.2 Å². The van der Waals surface area contributed by atoms with E-state index in [9.17, 15) is 4.79 Å². The molecule has 0 unspecified atom stereocenters. The minimum atomic E-state index is -0.352. The van der Waals surface area contributed by atoms with Gasteiger partial charge < -0.3 is 19.9 Å². The van der Waals surface area contributed by atoms with Crippen LogP contribution in [-0.2, 0) is 16.6 Å². The number of fused-ring (bicyclic) bond motifs is 1. The Balaban J connectivity index is 1.98. The first kappa shape index (κ1) is 14.9. The molecule has 2 N–H and O–H groups in total. The zero-order valence-electron chi connectivity index (χ0n) is 12.5. The van der Waals surface area contributed by atoms with Gasteiger partial charge in [-0.2, -0.15) is 0 Å². The fourth-order valence-electron chi connectivity index (χ4n) is 2.35. The monoisotopic (exact) mass is 322 g/mol. The van der Waals surface area contributed by atoms with Crippen molar-refractivity contribution in [2.45, 2.75) is 13.0 Å². The molecule has 2 aromatic rings. The summed E-state index contributed by atoms with van der Waals surface area (Å²) in [6.45, 7) is 3.23. The fraction of sp³-hybridized carbons (Fsp3) is 0.429. The smallest absolute Gasteiger partial charge is 0.414 e. The number of hydrogen-bond donors (Lipinski definition) is 1. The van der Waals surface area contributed by atoms with E-state index in [0.717, 1.165) is 20.7 Å². The van der Waals surface area contributed by atoms with E-state index in [4.69, 9.17) is 15.3 Å². The predicted molar refractivity (Wildman–Crippen MR) is 84.7 cm³/mol. The zero-order chi connectivity index (χ0) is 15.7. The van der Waals surface area contributed by atoms with Crippen LogP contribution < -0.4 is 15.4 Å². The Kier molecular flexibility index (Phi) is 4.04. The number of carbonyl (C=O) groups is 1. The number of carbonyl (C=O) groups excluding carboxylic acids is 1. The van der Waals surface area contributed by atoms with Crippen molar-refractivity contribution in [2.75, 3.05) is 24.6 Å². The van der Waals surface area contributed by atoms with Gasteiger partial charge >= 0.3 is 6.09 Å². The van der Waals surface area contributed by atoms with E-state index in [1.165, 1.54) is 11.3 Å². The van der Waals surface area contributed by atoms with Gasteiger partial charge in [0.15, 0.2) is 0 Å². The highest BCUT2D eigenvalue weighted by Gasteiger charge is 2.31. The Morgan fingerprint density at radius 2 is 2.36 bits per heavy atom. The van der Waals surface area contributed by atoms with Crippen molar-refractivity contribution in [3.8, 4) is 0 Å². The summed E-state index contributed by atoms with van der Waals surface area (Å²) in [6.07, 6.45) is -0.596. The van der Waals surface area contributed by atoms with Crippen LogP contribution in [0.1, 0.15) is 6.92 Å². The molecule has 118 valence electrons. The number of nitrogens with two attached hydrogens (primary N) is 1. The average molecular weight is 322 g/mol. The second kappa shape index (κ2) is 5.98. The predicted octanol–water partition coefficient (Wildman–Crippen LogP) is 1.38. The van der Waals surface area contributed by atoms with E-state index in [-0.39, 0.29) is 12.2 Å². The summed E-state index contributed by atoms with van der Waals surface area (Å²) in [5.74, 6) is 0. The number of anilines is 1. The third kappa shape index (κ3) is 2.55. The average Bonchev–Trinajstić information content (AvgIpc) is 3.05. The summed E-state index contributed by atoms with van der Waals surface area (Å²) < 4.78 is 8.19. The van der Waals surface area contributed by atoms with Crippen LogP contribution in [-0.4, -0.2) is 36.5 Å². The first-order valence-electron chi connectivity index (χ1n) is 7.07. The van der Waals surface area contributed by atoms with Crippen LogP contribution in [0, 0.1) is 0 Å². The molecule has 22 heavy (non-hydrogen) atoms. The summed E-state index contributed by atoms with van der Waals surface area (Å²) in [6, 6.07) is 5.83. The maximum Gasteiger partial charge on any atom is 0.414 e. The lowest BCUT2D eigenvalue weighted by Crippen LogP contribution is -2.27. The Bertz CT molecular complexity index is 767. The molecule has 1 amide bonds. The highest BCUT2D eigenvalue weighted by atomic mass is 32.1. The Labute approximate surface area is 131 Å². The molecule has 8 heteroatoms. The number of hydrogen-bond acceptors (Lipinski definition) is 6. The third-order valence-electron chi connectivity index (χ3n) is 3.51. The summed E-state index contributed by atoms with van der Waals surface area (Å²) in [5.41, 5.74) is 7.41. The molecule has 1 fully saturated rings. The highest BCUT2D eigenvalue weighted by molar-refractivity contribution is 7.16. The first-order chi connectivity index (χ1) is 10.6. The molecule has 1 aliphatic rings. The summed E-state index contributed by atoms with van der Waals surface area (Å²) in [5, 5.41) is 4.09. The van der Waals surface area contributed by atoms with Crippen molar-refractivity contribution in [3.63, 3.8) is 0 Å². The number of rotatable bonds is 4.